The van der Waals surface area contributed by atoms with Crippen LogP contribution in [-0.4, -0.2) is 38.2 Å². The molecular formula is C20H30FN3O2. The van der Waals surface area contributed by atoms with Crippen molar-refractivity contribution in [3.05, 3.63) is 35.6 Å². The van der Waals surface area contributed by atoms with Gasteiger partial charge in [-0.1, -0.05) is 12.1 Å². The highest BCUT2D eigenvalue weighted by atomic mass is 19.1. The summed E-state index contributed by atoms with van der Waals surface area (Å²) in [5, 5.41) is 6.74. The molecule has 26 heavy (non-hydrogen) atoms. The highest BCUT2D eigenvalue weighted by Crippen LogP contribution is 2.25. The smallest absolute Gasteiger partial charge is 0.308 e. The van der Waals surface area contributed by atoms with Gasteiger partial charge in [0.1, 0.15) is 5.82 Å². The van der Waals surface area contributed by atoms with Gasteiger partial charge in [-0.05, 0) is 63.1 Å². The third-order valence-corrected chi connectivity index (χ3v) is 4.74. The maximum absolute atomic E-state index is 13.2. The molecule has 1 saturated carbocycles. The number of nitrogens with one attached hydrogen (secondary N) is 2. The molecule has 0 unspecified atom stereocenters. The summed E-state index contributed by atoms with van der Waals surface area (Å²) in [7, 11) is 1.76. The molecule has 1 aliphatic rings. The fourth-order valence-electron chi connectivity index (χ4n) is 3.31. The van der Waals surface area contributed by atoms with E-state index in [1.807, 2.05) is 13.0 Å². The van der Waals surface area contributed by atoms with Gasteiger partial charge in [-0.25, -0.2) is 4.39 Å². The Morgan fingerprint density at radius 3 is 2.73 bits per heavy atom. The van der Waals surface area contributed by atoms with Crippen molar-refractivity contribution in [3.63, 3.8) is 0 Å². The lowest BCUT2D eigenvalue weighted by molar-refractivity contribution is -0.149. The lowest BCUT2D eigenvalue weighted by Gasteiger charge is -2.29. The van der Waals surface area contributed by atoms with E-state index in [0.717, 1.165) is 56.6 Å². The monoisotopic (exact) mass is 363 g/mol. The molecule has 2 rings (SSSR count). The van der Waals surface area contributed by atoms with Crippen molar-refractivity contribution in [2.24, 2.45) is 10.9 Å². The summed E-state index contributed by atoms with van der Waals surface area (Å²) in [6, 6.07) is 7.05. The van der Waals surface area contributed by atoms with Crippen LogP contribution in [0.15, 0.2) is 29.3 Å². The lowest BCUT2D eigenvalue weighted by Crippen LogP contribution is -2.45. The van der Waals surface area contributed by atoms with Gasteiger partial charge in [-0.3, -0.25) is 9.79 Å². The normalized spacial score (nSPS) is 20.5. The summed E-state index contributed by atoms with van der Waals surface area (Å²) in [5.41, 5.74) is 1.01. The van der Waals surface area contributed by atoms with Crippen molar-refractivity contribution in [1.29, 1.82) is 0 Å². The van der Waals surface area contributed by atoms with E-state index < -0.39 is 0 Å². The molecule has 1 aromatic rings. The summed E-state index contributed by atoms with van der Waals surface area (Å²) in [4.78, 5) is 16.1. The van der Waals surface area contributed by atoms with E-state index in [9.17, 15) is 9.18 Å². The van der Waals surface area contributed by atoms with Crippen LogP contribution in [0.4, 0.5) is 4.39 Å². The highest BCUT2D eigenvalue weighted by Gasteiger charge is 2.27. The molecule has 2 N–H and O–H groups in total. The molecule has 0 heterocycles. The summed E-state index contributed by atoms with van der Waals surface area (Å²) >= 11 is 0. The van der Waals surface area contributed by atoms with Crippen molar-refractivity contribution in [3.8, 4) is 0 Å². The minimum atomic E-state index is -0.189. The predicted octanol–water partition coefficient (Wildman–Crippen LogP) is 3.05. The summed E-state index contributed by atoms with van der Waals surface area (Å²) in [6.07, 6.45) is 5.31. The molecule has 0 aromatic heterocycles. The third kappa shape index (κ3) is 6.65. The Labute approximate surface area is 155 Å². The highest BCUT2D eigenvalue weighted by molar-refractivity contribution is 5.80. The van der Waals surface area contributed by atoms with Gasteiger partial charge in [0, 0.05) is 19.6 Å². The van der Waals surface area contributed by atoms with Gasteiger partial charge in [0.15, 0.2) is 5.96 Å². The molecule has 0 amide bonds. The Morgan fingerprint density at radius 1 is 1.31 bits per heavy atom. The predicted molar refractivity (Wildman–Crippen MR) is 102 cm³/mol. The first-order valence-electron chi connectivity index (χ1n) is 9.50. The van der Waals surface area contributed by atoms with Crippen LogP contribution in [0.1, 0.15) is 44.6 Å². The Kier molecular flexibility index (Phi) is 8.38. The van der Waals surface area contributed by atoms with E-state index in [4.69, 9.17) is 4.74 Å². The van der Waals surface area contributed by atoms with Crippen LogP contribution in [0.3, 0.4) is 0 Å². The summed E-state index contributed by atoms with van der Waals surface area (Å²) in [5.74, 6) is 0.565. The Hall–Kier alpha value is -2.11. The fourth-order valence-corrected chi connectivity index (χ4v) is 3.31. The Morgan fingerprint density at radius 2 is 2.08 bits per heavy atom. The number of carbonyl (C=O) groups is 1. The number of ether oxygens (including phenoxy) is 1. The van der Waals surface area contributed by atoms with E-state index in [2.05, 4.69) is 15.6 Å². The standard InChI is InChI=1S/C20H30FN3O2/c1-3-26-19(25)16-9-11-18(12-10-16)24-20(22-2)23-13-5-7-15-6-4-8-17(21)14-15/h4,6,8,14,16,18H,3,5,7,9-13H2,1-2H3,(H2,22,23,24). The second-order valence-electron chi connectivity index (χ2n) is 6.68. The number of carbonyl (C=O) groups excluding carboxylic acids is 1. The van der Waals surface area contributed by atoms with Crippen LogP contribution in [0.25, 0.3) is 0 Å². The van der Waals surface area contributed by atoms with Gasteiger partial charge < -0.3 is 15.4 Å². The average molecular weight is 363 g/mol. The number of halogens is 1. The molecule has 5 nitrogen and oxygen atoms in total. The number of aryl methyl sites for hydroxylation is 1. The summed E-state index contributed by atoms with van der Waals surface area (Å²) < 4.78 is 18.3. The third-order valence-electron chi connectivity index (χ3n) is 4.74. The first kappa shape index (κ1) is 20.2. The van der Waals surface area contributed by atoms with E-state index in [0.29, 0.717) is 12.6 Å². The number of guanidine groups is 1. The first-order chi connectivity index (χ1) is 12.6. The van der Waals surface area contributed by atoms with E-state index >= 15 is 0 Å². The van der Waals surface area contributed by atoms with Crippen molar-refractivity contribution in [2.45, 2.75) is 51.5 Å². The lowest BCUT2D eigenvalue weighted by atomic mass is 9.86. The molecule has 1 aliphatic carbocycles. The van der Waals surface area contributed by atoms with E-state index in [-0.39, 0.29) is 17.7 Å². The van der Waals surface area contributed by atoms with Crippen LogP contribution in [0, 0.1) is 11.7 Å². The Balaban J connectivity index is 1.66. The maximum Gasteiger partial charge on any atom is 0.308 e. The Bertz CT molecular complexity index is 598. The zero-order valence-corrected chi connectivity index (χ0v) is 15.8. The molecule has 0 atom stereocenters. The van der Waals surface area contributed by atoms with Gasteiger partial charge in [0.2, 0.25) is 0 Å². The number of esters is 1. The second-order valence-corrected chi connectivity index (χ2v) is 6.68. The SMILES string of the molecule is CCOC(=O)C1CCC(NC(=NC)NCCCc2cccc(F)c2)CC1. The van der Waals surface area contributed by atoms with Gasteiger partial charge in [0.25, 0.3) is 0 Å². The molecule has 0 radical (unpaired) electrons. The largest absolute Gasteiger partial charge is 0.466 e. The number of hydrogen-bond acceptors (Lipinski definition) is 3. The average Bonchev–Trinajstić information content (AvgIpc) is 2.65. The first-order valence-corrected chi connectivity index (χ1v) is 9.50. The molecule has 0 spiro atoms. The molecule has 6 heteroatoms. The maximum atomic E-state index is 13.2. The number of hydrogen-bond donors (Lipinski definition) is 2. The van der Waals surface area contributed by atoms with Crippen molar-refractivity contribution in [2.75, 3.05) is 20.2 Å². The van der Waals surface area contributed by atoms with Crippen LogP contribution >= 0.6 is 0 Å². The molecule has 0 bridgehead atoms. The number of nitrogens with zero attached hydrogens (tertiary/aromatic N) is 1. The fraction of sp³-hybridized carbons (Fsp3) is 0.600. The molecular weight excluding hydrogens is 333 g/mol. The van der Waals surface area contributed by atoms with Crippen LogP contribution in [0.5, 0.6) is 0 Å². The summed E-state index contributed by atoms with van der Waals surface area (Å²) in [6.45, 7) is 3.06. The second kappa shape index (κ2) is 10.8. The van der Waals surface area contributed by atoms with Crippen LogP contribution in [0.2, 0.25) is 0 Å². The minimum Gasteiger partial charge on any atom is -0.466 e. The number of benzene rings is 1. The molecule has 144 valence electrons. The molecule has 1 aromatic carbocycles. The van der Waals surface area contributed by atoms with E-state index in [1.165, 1.54) is 6.07 Å². The molecule has 1 fully saturated rings. The van der Waals surface area contributed by atoms with Crippen molar-refractivity contribution in [1.82, 2.24) is 10.6 Å². The van der Waals surface area contributed by atoms with Crippen LogP contribution in [-0.2, 0) is 16.0 Å². The van der Waals surface area contributed by atoms with Gasteiger partial charge >= 0.3 is 5.97 Å². The zero-order chi connectivity index (χ0) is 18.8. The molecule has 0 aliphatic heterocycles. The number of rotatable bonds is 7. The quantitative estimate of drug-likeness (QED) is 0.338. The van der Waals surface area contributed by atoms with Gasteiger partial charge in [-0.2, -0.15) is 0 Å². The topological polar surface area (TPSA) is 62.7 Å². The zero-order valence-electron chi connectivity index (χ0n) is 15.8. The van der Waals surface area contributed by atoms with Crippen molar-refractivity contribution < 1.29 is 13.9 Å². The number of aliphatic imine (C=N–C) groups is 1. The van der Waals surface area contributed by atoms with Gasteiger partial charge in [-0.15, -0.1) is 0 Å². The van der Waals surface area contributed by atoms with E-state index in [1.54, 1.807) is 19.2 Å². The van der Waals surface area contributed by atoms with Crippen molar-refractivity contribution >= 4 is 11.9 Å². The molecule has 0 saturated heterocycles. The van der Waals surface area contributed by atoms with Crippen LogP contribution < -0.4 is 10.6 Å². The van der Waals surface area contributed by atoms with Gasteiger partial charge in [0.05, 0.1) is 12.5 Å². The minimum absolute atomic E-state index is 0.0363.